The van der Waals surface area contributed by atoms with Crippen LogP contribution in [0.4, 0.5) is 10.1 Å². The van der Waals surface area contributed by atoms with Gasteiger partial charge in [0.05, 0.1) is 18.2 Å². The van der Waals surface area contributed by atoms with Crippen molar-refractivity contribution in [3.8, 4) is 11.3 Å². The highest BCUT2D eigenvalue weighted by atomic mass is 35.5. The van der Waals surface area contributed by atoms with Crippen molar-refractivity contribution >= 4 is 34.5 Å². The van der Waals surface area contributed by atoms with Crippen LogP contribution in [0.15, 0.2) is 46.3 Å². The van der Waals surface area contributed by atoms with E-state index in [2.05, 4.69) is 16.7 Å². The van der Waals surface area contributed by atoms with Crippen molar-refractivity contribution < 1.29 is 13.7 Å². The van der Waals surface area contributed by atoms with Crippen LogP contribution in [0.5, 0.6) is 0 Å². The van der Waals surface area contributed by atoms with Gasteiger partial charge < -0.3 is 9.42 Å². The first kappa shape index (κ1) is 25.7. The molecule has 1 aromatic carbocycles. The summed E-state index contributed by atoms with van der Waals surface area (Å²) in [5.41, 5.74) is 2.80. The quantitative estimate of drug-likeness (QED) is 0.193. The first-order valence-corrected chi connectivity index (χ1v) is 14.9. The predicted molar refractivity (Wildman–Crippen MR) is 147 cm³/mol. The third-order valence-electron chi connectivity index (χ3n) is 8.80. The van der Waals surface area contributed by atoms with E-state index in [1.807, 2.05) is 34.5 Å². The Kier molecular flexibility index (Phi) is 6.89. The molecule has 4 fully saturated rings. The van der Waals surface area contributed by atoms with E-state index in [0.29, 0.717) is 23.9 Å². The fourth-order valence-corrected chi connectivity index (χ4v) is 7.04. The van der Waals surface area contributed by atoms with E-state index in [0.717, 1.165) is 85.0 Å². The Morgan fingerprint density at radius 1 is 1.18 bits per heavy atom. The molecule has 2 heterocycles. The molecule has 0 radical (unpaired) electrons. The Morgan fingerprint density at radius 3 is 2.61 bits per heavy atom. The zero-order chi connectivity index (χ0) is 26.3. The molecule has 7 rings (SSSR count). The smallest absolute Gasteiger partial charge is 0.253 e. The van der Waals surface area contributed by atoms with Gasteiger partial charge >= 0.3 is 0 Å². The number of thiazole rings is 1. The Labute approximate surface area is 231 Å². The molecular weight excluding hydrogens is 523 g/mol. The molecule has 4 aliphatic rings. The SMILES string of the molecule is C=C(CCF)C(=O)N(CC12CCC(c3nc(C4CC4)no3)(CC1)CC2)c1cccc(-c2csc(CCl)n2)c1. The summed E-state index contributed by atoms with van der Waals surface area (Å²) < 4.78 is 19.0. The van der Waals surface area contributed by atoms with Crippen LogP contribution < -0.4 is 4.90 Å². The number of carbonyl (C=O) groups excluding carboxylic acids is 1. The molecule has 0 N–H and O–H groups in total. The van der Waals surface area contributed by atoms with Crippen LogP contribution in [0.2, 0.25) is 0 Å². The van der Waals surface area contributed by atoms with Crippen molar-refractivity contribution in [2.24, 2.45) is 5.41 Å². The lowest BCUT2D eigenvalue weighted by molar-refractivity contribution is -0.116. The van der Waals surface area contributed by atoms with E-state index >= 15 is 0 Å². The van der Waals surface area contributed by atoms with Gasteiger partial charge in [-0.1, -0.05) is 23.9 Å². The summed E-state index contributed by atoms with van der Waals surface area (Å²) in [5.74, 6) is 2.33. The number of halogens is 2. The number of aromatic nitrogens is 3. The number of nitrogens with zero attached hydrogens (tertiary/aromatic N) is 4. The average Bonchev–Trinajstić information content (AvgIpc) is 3.47. The minimum Gasteiger partial charge on any atom is -0.339 e. The molecule has 0 aliphatic heterocycles. The first-order valence-electron chi connectivity index (χ1n) is 13.4. The van der Waals surface area contributed by atoms with Crippen molar-refractivity contribution in [1.29, 1.82) is 0 Å². The first-order chi connectivity index (χ1) is 18.4. The third kappa shape index (κ3) is 4.81. The lowest BCUT2D eigenvalue weighted by Crippen LogP contribution is -2.51. The van der Waals surface area contributed by atoms with Gasteiger partial charge in [-0.05, 0) is 68.9 Å². The number of carbonyl (C=O) groups is 1. The van der Waals surface area contributed by atoms with Gasteiger partial charge in [0.2, 0.25) is 5.89 Å². The van der Waals surface area contributed by atoms with Gasteiger partial charge in [0.15, 0.2) is 5.82 Å². The molecule has 0 saturated heterocycles. The van der Waals surface area contributed by atoms with Crippen molar-refractivity contribution in [3.05, 3.63) is 58.5 Å². The summed E-state index contributed by atoms with van der Waals surface area (Å²) in [6.45, 7) is 3.91. The molecule has 4 aliphatic carbocycles. The third-order valence-corrected chi connectivity index (χ3v) is 10.1. The van der Waals surface area contributed by atoms with Crippen molar-refractivity contribution in [1.82, 2.24) is 15.1 Å². The number of rotatable bonds is 10. The molecule has 1 amide bonds. The summed E-state index contributed by atoms with van der Waals surface area (Å²) >= 11 is 7.49. The van der Waals surface area contributed by atoms with E-state index in [-0.39, 0.29) is 23.2 Å². The number of hydrogen-bond acceptors (Lipinski definition) is 6. The van der Waals surface area contributed by atoms with Gasteiger partial charge in [-0.2, -0.15) is 4.98 Å². The topological polar surface area (TPSA) is 72.1 Å². The minimum atomic E-state index is -0.598. The fraction of sp³-hybridized carbons (Fsp3) is 0.517. The van der Waals surface area contributed by atoms with E-state index in [4.69, 9.17) is 21.1 Å². The van der Waals surface area contributed by atoms with Gasteiger partial charge in [0.25, 0.3) is 5.91 Å². The largest absolute Gasteiger partial charge is 0.339 e. The second-order valence-electron chi connectivity index (χ2n) is 11.3. The zero-order valence-corrected chi connectivity index (χ0v) is 23.0. The molecule has 0 unspecified atom stereocenters. The van der Waals surface area contributed by atoms with Crippen LogP contribution in [-0.4, -0.2) is 34.3 Å². The predicted octanol–water partition coefficient (Wildman–Crippen LogP) is 7.35. The average molecular weight is 555 g/mol. The summed E-state index contributed by atoms with van der Waals surface area (Å²) in [5, 5.41) is 7.12. The number of amides is 1. The van der Waals surface area contributed by atoms with Gasteiger partial charge in [-0.15, -0.1) is 22.9 Å². The second-order valence-corrected chi connectivity index (χ2v) is 12.5. The molecular formula is C29H32ClFN4O2S. The Morgan fingerprint density at radius 2 is 1.95 bits per heavy atom. The lowest BCUT2D eigenvalue weighted by atomic mass is 9.53. The number of benzene rings is 1. The lowest BCUT2D eigenvalue weighted by Gasteiger charge is -2.53. The maximum absolute atomic E-state index is 13.6. The molecule has 4 saturated carbocycles. The number of anilines is 1. The maximum atomic E-state index is 13.6. The van der Waals surface area contributed by atoms with E-state index in [1.165, 1.54) is 11.3 Å². The molecule has 9 heteroatoms. The molecule has 2 bridgehead atoms. The zero-order valence-electron chi connectivity index (χ0n) is 21.4. The molecule has 0 atom stereocenters. The van der Waals surface area contributed by atoms with Gasteiger partial charge in [0.1, 0.15) is 5.01 Å². The number of hydrogen-bond donors (Lipinski definition) is 0. The summed E-state index contributed by atoms with van der Waals surface area (Å²) in [4.78, 5) is 24.9. The summed E-state index contributed by atoms with van der Waals surface area (Å²) in [6.07, 6.45) is 8.24. The van der Waals surface area contributed by atoms with Crippen molar-refractivity contribution in [2.75, 3.05) is 18.1 Å². The molecule has 0 spiro atoms. The molecule has 3 aromatic rings. The molecule has 200 valence electrons. The van der Waals surface area contributed by atoms with Crippen LogP contribution >= 0.6 is 22.9 Å². The molecule has 6 nitrogen and oxygen atoms in total. The van der Waals surface area contributed by atoms with E-state index in [9.17, 15) is 9.18 Å². The Balaban J connectivity index is 1.25. The number of alkyl halides is 2. The fourth-order valence-electron chi connectivity index (χ4n) is 6.14. The van der Waals surface area contributed by atoms with Crippen LogP contribution in [0.25, 0.3) is 11.3 Å². The van der Waals surface area contributed by atoms with Gasteiger partial charge in [-0.3, -0.25) is 9.18 Å². The van der Waals surface area contributed by atoms with Crippen molar-refractivity contribution in [3.63, 3.8) is 0 Å². The monoisotopic (exact) mass is 554 g/mol. The minimum absolute atomic E-state index is 0.00478. The highest BCUT2D eigenvalue weighted by Crippen LogP contribution is 2.58. The summed E-state index contributed by atoms with van der Waals surface area (Å²) in [6, 6.07) is 7.88. The number of fused-ring (bicyclic) bond motifs is 3. The van der Waals surface area contributed by atoms with Gasteiger partial charge in [0, 0.05) is 46.5 Å². The van der Waals surface area contributed by atoms with Crippen LogP contribution in [0.1, 0.15) is 80.4 Å². The summed E-state index contributed by atoms with van der Waals surface area (Å²) in [7, 11) is 0. The second kappa shape index (κ2) is 10.2. The highest BCUT2D eigenvalue weighted by molar-refractivity contribution is 7.10. The normalized spacial score (nSPS) is 24.5. The highest BCUT2D eigenvalue weighted by Gasteiger charge is 2.53. The standard InChI is InChI=1S/C29H32ClFN4O2S/c1-19(7-14-31)26(36)35(22-4-2-3-21(15-22)23-17-38-24(16-30)32-23)18-28-8-11-29(12-9-28,13-10-28)27-33-25(34-37-27)20-5-6-20/h2-4,15,17,20H,1,5-14,16,18H2. The van der Waals surface area contributed by atoms with Crippen LogP contribution in [0.3, 0.4) is 0 Å². The molecule has 38 heavy (non-hydrogen) atoms. The van der Waals surface area contributed by atoms with E-state index in [1.54, 1.807) is 0 Å². The van der Waals surface area contributed by atoms with Crippen molar-refractivity contribution in [2.45, 2.75) is 75.0 Å². The van der Waals surface area contributed by atoms with Crippen LogP contribution in [-0.2, 0) is 16.1 Å². The Hall–Kier alpha value is -2.58. The van der Waals surface area contributed by atoms with Gasteiger partial charge in [-0.25, -0.2) is 4.98 Å². The maximum Gasteiger partial charge on any atom is 0.253 e. The molecule has 2 aromatic heterocycles. The van der Waals surface area contributed by atoms with Crippen LogP contribution in [0, 0.1) is 5.41 Å². The van der Waals surface area contributed by atoms with E-state index < -0.39 is 6.67 Å². The Bertz CT molecular complexity index is 1330.